The fourth-order valence-electron chi connectivity index (χ4n) is 2.25. The van der Waals surface area contributed by atoms with E-state index >= 15 is 0 Å². The van der Waals surface area contributed by atoms with Crippen LogP contribution in [-0.4, -0.2) is 18.7 Å². The zero-order chi connectivity index (χ0) is 12.4. The molecule has 1 aliphatic carbocycles. The molecule has 0 heterocycles. The summed E-state index contributed by atoms with van der Waals surface area (Å²) in [6, 6.07) is 5.81. The van der Waals surface area contributed by atoms with Gasteiger partial charge in [0.25, 0.3) is 0 Å². The standard InChI is InChI=1S/C14H20ClNO/c1-10(17)12-6-7-14(13(15)8-12)16(2)9-11-4-3-5-11/h6-8,10-11,17H,3-5,9H2,1-2H3/t10-/m0/s1. The molecular formula is C14H20ClNO. The fourth-order valence-corrected chi connectivity index (χ4v) is 2.59. The van der Waals surface area contributed by atoms with Gasteiger partial charge in [0.1, 0.15) is 0 Å². The van der Waals surface area contributed by atoms with E-state index in [2.05, 4.69) is 11.9 Å². The molecule has 1 aromatic carbocycles. The maximum atomic E-state index is 9.50. The van der Waals surface area contributed by atoms with Gasteiger partial charge in [0.15, 0.2) is 0 Å². The van der Waals surface area contributed by atoms with Crippen molar-refractivity contribution in [2.75, 3.05) is 18.5 Å². The molecule has 1 N–H and O–H groups in total. The van der Waals surface area contributed by atoms with Crippen LogP contribution in [-0.2, 0) is 0 Å². The number of benzene rings is 1. The van der Waals surface area contributed by atoms with Crippen molar-refractivity contribution in [2.24, 2.45) is 5.92 Å². The van der Waals surface area contributed by atoms with Gasteiger partial charge in [-0.1, -0.05) is 24.1 Å². The first kappa shape index (κ1) is 12.7. The molecule has 0 spiro atoms. The summed E-state index contributed by atoms with van der Waals surface area (Å²) in [6.07, 6.45) is 3.59. The summed E-state index contributed by atoms with van der Waals surface area (Å²) < 4.78 is 0. The van der Waals surface area contributed by atoms with E-state index < -0.39 is 6.10 Å². The SMILES string of the molecule is C[C@H](O)c1ccc(N(C)CC2CCC2)c(Cl)c1. The molecule has 94 valence electrons. The highest BCUT2D eigenvalue weighted by Gasteiger charge is 2.20. The lowest BCUT2D eigenvalue weighted by Crippen LogP contribution is -2.29. The highest BCUT2D eigenvalue weighted by Crippen LogP contribution is 2.32. The van der Waals surface area contributed by atoms with Crippen molar-refractivity contribution in [3.05, 3.63) is 28.8 Å². The molecule has 0 unspecified atom stereocenters. The Morgan fingerprint density at radius 1 is 1.47 bits per heavy atom. The molecule has 17 heavy (non-hydrogen) atoms. The molecule has 3 heteroatoms. The molecule has 0 bridgehead atoms. The Kier molecular flexibility index (Phi) is 3.95. The number of rotatable bonds is 4. The first-order chi connectivity index (χ1) is 8.08. The summed E-state index contributed by atoms with van der Waals surface area (Å²) in [5, 5.41) is 10.2. The van der Waals surface area contributed by atoms with E-state index in [9.17, 15) is 5.11 Å². The summed E-state index contributed by atoms with van der Waals surface area (Å²) in [5.41, 5.74) is 1.93. The number of aliphatic hydroxyl groups excluding tert-OH is 1. The van der Waals surface area contributed by atoms with E-state index in [-0.39, 0.29) is 0 Å². The van der Waals surface area contributed by atoms with Gasteiger partial charge in [-0.2, -0.15) is 0 Å². The third kappa shape index (κ3) is 2.93. The van der Waals surface area contributed by atoms with Crippen LogP contribution in [0.3, 0.4) is 0 Å². The number of hydrogen-bond acceptors (Lipinski definition) is 2. The lowest BCUT2D eigenvalue weighted by Gasteiger charge is -2.31. The fraction of sp³-hybridized carbons (Fsp3) is 0.571. The van der Waals surface area contributed by atoms with Crippen molar-refractivity contribution >= 4 is 17.3 Å². The van der Waals surface area contributed by atoms with E-state index in [0.29, 0.717) is 0 Å². The van der Waals surface area contributed by atoms with Crippen LogP contribution in [0.25, 0.3) is 0 Å². The van der Waals surface area contributed by atoms with Crippen LogP contribution in [0, 0.1) is 5.92 Å². The topological polar surface area (TPSA) is 23.5 Å². The van der Waals surface area contributed by atoms with Crippen LogP contribution in [0.15, 0.2) is 18.2 Å². The lowest BCUT2D eigenvalue weighted by atomic mass is 9.85. The molecular weight excluding hydrogens is 234 g/mol. The minimum absolute atomic E-state index is 0.460. The van der Waals surface area contributed by atoms with Gasteiger partial charge in [-0.25, -0.2) is 0 Å². The zero-order valence-corrected chi connectivity index (χ0v) is 11.2. The summed E-state index contributed by atoms with van der Waals surface area (Å²) in [4.78, 5) is 2.22. The zero-order valence-electron chi connectivity index (χ0n) is 10.5. The van der Waals surface area contributed by atoms with Crippen molar-refractivity contribution in [2.45, 2.75) is 32.3 Å². The third-order valence-corrected chi connectivity index (χ3v) is 3.92. The Labute approximate surface area is 108 Å². The second-order valence-corrected chi connectivity index (χ2v) is 5.47. The van der Waals surface area contributed by atoms with Crippen molar-refractivity contribution in [3.8, 4) is 0 Å². The van der Waals surface area contributed by atoms with Crippen LogP contribution in [0.2, 0.25) is 5.02 Å². The Hall–Kier alpha value is -0.730. The molecule has 0 saturated heterocycles. The number of nitrogens with zero attached hydrogens (tertiary/aromatic N) is 1. The van der Waals surface area contributed by atoms with Crippen molar-refractivity contribution < 1.29 is 5.11 Å². The smallest absolute Gasteiger partial charge is 0.0762 e. The number of aliphatic hydroxyl groups is 1. The molecule has 1 saturated carbocycles. The normalized spacial score (nSPS) is 17.6. The molecule has 1 atom stereocenters. The van der Waals surface area contributed by atoms with Crippen LogP contribution >= 0.6 is 11.6 Å². The average molecular weight is 254 g/mol. The maximum absolute atomic E-state index is 9.50. The monoisotopic (exact) mass is 253 g/mol. The highest BCUT2D eigenvalue weighted by molar-refractivity contribution is 6.33. The minimum Gasteiger partial charge on any atom is -0.389 e. The molecule has 1 fully saturated rings. The maximum Gasteiger partial charge on any atom is 0.0762 e. The van der Waals surface area contributed by atoms with Gasteiger partial charge < -0.3 is 10.0 Å². The number of halogens is 1. The predicted octanol–water partition coefficient (Wildman–Crippen LogP) is 3.63. The molecule has 1 aliphatic rings. The molecule has 0 aliphatic heterocycles. The van der Waals surface area contributed by atoms with Gasteiger partial charge in [0.05, 0.1) is 16.8 Å². The van der Waals surface area contributed by atoms with E-state index in [1.165, 1.54) is 19.3 Å². The van der Waals surface area contributed by atoms with Crippen molar-refractivity contribution in [3.63, 3.8) is 0 Å². The first-order valence-electron chi connectivity index (χ1n) is 6.26. The Balaban J connectivity index is 2.08. The van der Waals surface area contributed by atoms with Gasteiger partial charge in [-0.05, 0) is 43.4 Å². The van der Waals surface area contributed by atoms with Crippen LogP contribution in [0.5, 0.6) is 0 Å². The first-order valence-corrected chi connectivity index (χ1v) is 6.64. The highest BCUT2D eigenvalue weighted by atomic mass is 35.5. The van der Waals surface area contributed by atoms with Crippen LogP contribution in [0.4, 0.5) is 5.69 Å². The Morgan fingerprint density at radius 3 is 2.65 bits per heavy atom. The van der Waals surface area contributed by atoms with E-state index in [0.717, 1.165) is 28.7 Å². The van der Waals surface area contributed by atoms with Crippen LogP contribution < -0.4 is 4.90 Å². The summed E-state index contributed by atoms with van der Waals surface area (Å²) in [6.45, 7) is 2.83. The number of anilines is 1. The molecule has 0 radical (unpaired) electrons. The summed E-state index contributed by atoms with van der Waals surface area (Å²) in [7, 11) is 2.08. The van der Waals surface area contributed by atoms with Crippen LogP contribution in [0.1, 0.15) is 37.9 Å². The molecule has 2 rings (SSSR count). The molecule has 1 aromatic rings. The van der Waals surface area contributed by atoms with E-state index in [1.807, 2.05) is 18.2 Å². The molecule has 0 amide bonds. The Morgan fingerprint density at radius 2 is 2.18 bits per heavy atom. The second-order valence-electron chi connectivity index (χ2n) is 5.06. The molecule has 2 nitrogen and oxygen atoms in total. The third-order valence-electron chi connectivity index (χ3n) is 3.62. The van der Waals surface area contributed by atoms with Gasteiger partial charge in [-0.3, -0.25) is 0 Å². The van der Waals surface area contributed by atoms with E-state index in [1.54, 1.807) is 6.92 Å². The van der Waals surface area contributed by atoms with Gasteiger partial charge in [0, 0.05) is 13.6 Å². The summed E-state index contributed by atoms with van der Waals surface area (Å²) >= 11 is 6.26. The average Bonchev–Trinajstić information content (AvgIpc) is 2.22. The summed E-state index contributed by atoms with van der Waals surface area (Å²) in [5.74, 6) is 0.826. The lowest BCUT2D eigenvalue weighted by molar-refractivity contribution is 0.199. The van der Waals surface area contributed by atoms with Gasteiger partial charge >= 0.3 is 0 Å². The Bertz CT molecular complexity index is 388. The quantitative estimate of drug-likeness (QED) is 0.886. The second kappa shape index (κ2) is 5.28. The van der Waals surface area contributed by atoms with Crippen molar-refractivity contribution in [1.29, 1.82) is 0 Å². The van der Waals surface area contributed by atoms with E-state index in [4.69, 9.17) is 11.6 Å². The number of hydrogen-bond donors (Lipinski definition) is 1. The van der Waals surface area contributed by atoms with Gasteiger partial charge in [-0.15, -0.1) is 0 Å². The largest absolute Gasteiger partial charge is 0.389 e. The predicted molar refractivity (Wildman–Crippen MR) is 72.7 cm³/mol. The van der Waals surface area contributed by atoms with Crippen molar-refractivity contribution in [1.82, 2.24) is 0 Å². The van der Waals surface area contributed by atoms with Gasteiger partial charge in [0.2, 0.25) is 0 Å². The molecule has 0 aromatic heterocycles. The minimum atomic E-state index is -0.460.